The van der Waals surface area contributed by atoms with E-state index in [1.165, 1.54) is 30.6 Å². The van der Waals surface area contributed by atoms with Crippen molar-refractivity contribution in [1.29, 1.82) is 0 Å². The molecular weight excluding hydrogens is 374 g/mol. The fraction of sp³-hybridized carbons (Fsp3) is 0.588. The Morgan fingerprint density at radius 1 is 1.36 bits per heavy atom. The summed E-state index contributed by atoms with van der Waals surface area (Å²) < 4.78 is 28.2. The second kappa shape index (κ2) is 8.26. The number of thiophene rings is 1. The van der Waals surface area contributed by atoms with Gasteiger partial charge in [0.1, 0.15) is 9.22 Å². The number of thiazole rings is 1. The highest BCUT2D eigenvalue weighted by Crippen LogP contribution is 2.32. The van der Waals surface area contributed by atoms with Gasteiger partial charge >= 0.3 is 0 Å². The van der Waals surface area contributed by atoms with Crippen LogP contribution < -0.4 is 4.72 Å². The molecule has 0 aromatic carbocycles. The number of piperidine rings is 1. The first-order valence-electron chi connectivity index (χ1n) is 8.78. The van der Waals surface area contributed by atoms with Crippen LogP contribution in [0, 0.1) is 0 Å². The highest BCUT2D eigenvalue weighted by atomic mass is 32.2. The fourth-order valence-electron chi connectivity index (χ4n) is 3.05. The Hall–Kier alpha value is -0.800. The Balaban J connectivity index is 1.60. The van der Waals surface area contributed by atoms with Crippen molar-refractivity contribution in [3.8, 4) is 9.88 Å². The highest BCUT2D eigenvalue weighted by Gasteiger charge is 2.21. The van der Waals surface area contributed by atoms with E-state index in [2.05, 4.69) is 28.5 Å². The smallest absolute Gasteiger partial charge is 0.250 e. The summed E-state index contributed by atoms with van der Waals surface area (Å²) in [4.78, 5) is 7.81. The van der Waals surface area contributed by atoms with Gasteiger partial charge in [0.25, 0.3) is 0 Å². The van der Waals surface area contributed by atoms with Gasteiger partial charge in [-0.2, -0.15) is 0 Å². The molecule has 0 bridgehead atoms. The van der Waals surface area contributed by atoms with Crippen LogP contribution in [-0.4, -0.2) is 44.0 Å². The van der Waals surface area contributed by atoms with Crippen LogP contribution in [0.25, 0.3) is 9.88 Å². The summed E-state index contributed by atoms with van der Waals surface area (Å²) in [5.41, 5.74) is 1.05. The summed E-state index contributed by atoms with van der Waals surface area (Å²) in [6, 6.07) is 4.08. The number of aryl methyl sites for hydroxylation is 1. The van der Waals surface area contributed by atoms with Crippen LogP contribution in [0.1, 0.15) is 38.8 Å². The molecule has 8 heteroatoms. The molecule has 1 aliphatic heterocycles. The first-order valence-corrected chi connectivity index (χ1v) is 12.0. The molecule has 2 aromatic heterocycles. The molecule has 0 unspecified atom stereocenters. The molecule has 1 atom stereocenters. The van der Waals surface area contributed by atoms with Gasteiger partial charge in [-0.1, -0.05) is 13.3 Å². The lowest BCUT2D eigenvalue weighted by molar-refractivity contribution is 0.164. The molecule has 1 fully saturated rings. The molecule has 3 heterocycles. The molecule has 5 nitrogen and oxygen atoms in total. The SMILES string of the molecule is CCc1csc(-c2ccc(S(=O)(=O)NCCN3CCCC[C@H]3C)s2)n1. The first kappa shape index (κ1) is 19.0. The number of likely N-dealkylation sites (tertiary alicyclic amines) is 1. The molecule has 3 rings (SSSR count). The molecule has 1 aliphatic rings. The Kier molecular flexibility index (Phi) is 6.27. The van der Waals surface area contributed by atoms with E-state index in [9.17, 15) is 8.42 Å². The maximum absolute atomic E-state index is 12.5. The topological polar surface area (TPSA) is 62.3 Å². The van der Waals surface area contributed by atoms with E-state index in [-0.39, 0.29) is 0 Å². The van der Waals surface area contributed by atoms with Crippen molar-refractivity contribution in [2.24, 2.45) is 0 Å². The number of nitrogens with zero attached hydrogens (tertiary/aromatic N) is 2. The Bertz CT molecular complexity index is 798. The molecule has 138 valence electrons. The minimum Gasteiger partial charge on any atom is -0.299 e. The third kappa shape index (κ3) is 4.68. The van der Waals surface area contributed by atoms with Crippen molar-refractivity contribution in [3.63, 3.8) is 0 Å². The van der Waals surface area contributed by atoms with E-state index < -0.39 is 10.0 Å². The Morgan fingerprint density at radius 3 is 2.92 bits per heavy atom. The van der Waals surface area contributed by atoms with Crippen molar-refractivity contribution in [3.05, 3.63) is 23.2 Å². The second-order valence-corrected chi connectivity index (χ2v) is 10.3. The van der Waals surface area contributed by atoms with Gasteiger partial charge in [-0.25, -0.2) is 18.1 Å². The van der Waals surface area contributed by atoms with Crippen molar-refractivity contribution in [1.82, 2.24) is 14.6 Å². The Labute approximate surface area is 158 Å². The van der Waals surface area contributed by atoms with E-state index in [1.807, 2.05) is 11.4 Å². The predicted molar refractivity (Wildman–Crippen MR) is 105 cm³/mol. The van der Waals surface area contributed by atoms with Crippen LogP contribution in [0.2, 0.25) is 0 Å². The zero-order valence-corrected chi connectivity index (χ0v) is 17.1. The van der Waals surface area contributed by atoms with Gasteiger partial charge in [-0.3, -0.25) is 4.90 Å². The zero-order chi connectivity index (χ0) is 17.9. The van der Waals surface area contributed by atoms with Gasteiger partial charge < -0.3 is 0 Å². The molecule has 0 spiro atoms. The molecule has 0 aliphatic carbocycles. The molecule has 1 saturated heterocycles. The van der Waals surface area contributed by atoms with E-state index in [0.29, 0.717) is 16.8 Å². The lowest BCUT2D eigenvalue weighted by Gasteiger charge is -2.33. The van der Waals surface area contributed by atoms with Crippen LogP contribution in [0.3, 0.4) is 0 Å². The summed E-state index contributed by atoms with van der Waals surface area (Å²) in [6.07, 6.45) is 4.58. The average molecular weight is 400 g/mol. The number of hydrogen-bond donors (Lipinski definition) is 1. The third-order valence-electron chi connectivity index (χ3n) is 4.60. The maximum Gasteiger partial charge on any atom is 0.250 e. The minimum atomic E-state index is -3.45. The van der Waals surface area contributed by atoms with Crippen LogP contribution >= 0.6 is 22.7 Å². The summed E-state index contributed by atoms with van der Waals surface area (Å²) in [5, 5.41) is 2.92. The normalized spacial score (nSPS) is 19.4. The molecule has 0 saturated carbocycles. The minimum absolute atomic E-state index is 0.363. The van der Waals surface area contributed by atoms with Gasteiger partial charge in [-0.05, 0) is 44.9 Å². The van der Waals surface area contributed by atoms with Crippen LogP contribution in [0.5, 0.6) is 0 Å². The lowest BCUT2D eigenvalue weighted by atomic mass is 10.0. The lowest BCUT2D eigenvalue weighted by Crippen LogP contribution is -2.42. The molecule has 0 radical (unpaired) electrons. The van der Waals surface area contributed by atoms with Crippen LogP contribution in [0.15, 0.2) is 21.7 Å². The molecule has 0 amide bonds. The maximum atomic E-state index is 12.5. The summed E-state index contributed by atoms with van der Waals surface area (Å²) >= 11 is 2.85. The van der Waals surface area contributed by atoms with Crippen molar-refractivity contribution in [2.75, 3.05) is 19.6 Å². The van der Waals surface area contributed by atoms with E-state index in [1.54, 1.807) is 17.4 Å². The van der Waals surface area contributed by atoms with Gasteiger partial charge in [0.05, 0.1) is 10.6 Å². The largest absolute Gasteiger partial charge is 0.299 e. The third-order valence-corrected chi connectivity index (χ3v) is 8.70. The summed E-state index contributed by atoms with van der Waals surface area (Å²) in [6.45, 7) is 6.58. The molecule has 1 N–H and O–H groups in total. The number of nitrogens with one attached hydrogen (secondary N) is 1. The second-order valence-electron chi connectivity index (χ2n) is 6.39. The van der Waals surface area contributed by atoms with Gasteiger partial charge in [0.15, 0.2) is 0 Å². The van der Waals surface area contributed by atoms with Crippen LogP contribution in [-0.2, 0) is 16.4 Å². The van der Waals surface area contributed by atoms with E-state index in [0.717, 1.165) is 35.1 Å². The van der Waals surface area contributed by atoms with Gasteiger partial charge in [-0.15, -0.1) is 22.7 Å². The fourth-order valence-corrected chi connectivity index (χ4v) is 6.39. The summed E-state index contributed by atoms with van der Waals surface area (Å²) in [5.74, 6) is 0. The van der Waals surface area contributed by atoms with E-state index >= 15 is 0 Å². The Morgan fingerprint density at radius 2 is 2.20 bits per heavy atom. The summed E-state index contributed by atoms with van der Waals surface area (Å²) in [7, 11) is -3.45. The van der Waals surface area contributed by atoms with Gasteiger partial charge in [0, 0.05) is 24.5 Å². The van der Waals surface area contributed by atoms with Gasteiger partial charge in [0.2, 0.25) is 10.0 Å². The molecule has 2 aromatic rings. The number of hydrogen-bond acceptors (Lipinski definition) is 6. The average Bonchev–Trinajstić information content (AvgIpc) is 3.25. The van der Waals surface area contributed by atoms with Crippen molar-refractivity contribution >= 4 is 32.7 Å². The first-order chi connectivity index (χ1) is 12.0. The standard InChI is InChI=1S/C17H25N3O2S3/c1-3-14-12-23-17(19-14)15-7-8-16(24-15)25(21,22)18-9-11-20-10-5-4-6-13(20)2/h7-8,12-13,18H,3-6,9-11H2,1-2H3/t13-/m1/s1. The number of sulfonamides is 1. The van der Waals surface area contributed by atoms with Crippen molar-refractivity contribution in [2.45, 2.75) is 49.8 Å². The number of aromatic nitrogens is 1. The molecule has 25 heavy (non-hydrogen) atoms. The number of rotatable bonds is 7. The zero-order valence-electron chi connectivity index (χ0n) is 14.7. The van der Waals surface area contributed by atoms with E-state index in [4.69, 9.17) is 0 Å². The quantitative estimate of drug-likeness (QED) is 0.773. The predicted octanol–water partition coefficient (Wildman–Crippen LogP) is 3.59. The molecular formula is C17H25N3O2S3. The monoisotopic (exact) mass is 399 g/mol. The van der Waals surface area contributed by atoms with Crippen LogP contribution in [0.4, 0.5) is 0 Å². The van der Waals surface area contributed by atoms with Crippen molar-refractivity contribution < 1.29 is 8.42 Å². The highest BCUT2D eigenvalue weighted by molar-refractivity contribution is 7.91.